The monoisotopic (exact) mass is 334 g/mol. The predicted molar refractivity (Wildman–Crippen MR) is 86.3 cm³/mol. The second-order valence-electron chi connectivity index (χ2n) is 5.79. The maximum Gasteiger partial charge on any atom is 0.273 e. The third kappa shape index (κ3) is 4.21. The molecular weight excluding hydrogens is 312 g/mol. The molecule has 0 bridgehead atoms. The van der Waals surface area contributed by atoms with Gasteiger partial charge in [0.25, 0.3) is 5.91 Å². The molecule has 2 N–H and O–H groups in total. The fourth-order valence-corrected chi connectivity index (χ4v) is 2.66. The van der Waals surface area contributed by atoms with Gasteiger partial charge in [-0.05, 0) is 18.6 Å². The number of hydrogen-bond donors (Lipinski definition) is 2. The third-order valence-electron chi connectivity index (χ3n) is 4.18. The Morgan fingerprint density at radius 2 is 2.21 bits per heavy atom. The average Bonchev–Trinajstić information content (AvgIpc) is 3.04. The van der Waals surface area contributed by atoms with Crippen molar-refractivity contribution in [3.8, 4) is 5.75 Å². The maximum absolute atomic E-state index is 12.2. The van der Waals surface area contributed by atoms with Crippen LogP contribution in [0.25, 0.3) is 0 Å². The largest absolute Gasteiger partial charge is 0.505 e. The molecule has 0 radical (unpaired) electrons. The normalized spacial score (nSPS) is 16.8. The van der Waals surface area contributed by atoms with Crippen molar-refractivity contribution < 1.29 is 19.5 Å². The summed E-state index contributed by atoms with van der Waals surface area (Å²) < 4.78 is 0. The zero-order chi connectivity index (χ0) is 17.7. The Morgan fingerprint density at radius 3 is 2.83 bits per heavy atom. The standard InChI is InChI=1S/C16H22N4O4/c1-11(21)20-9-6-12(10-20)19(2)14(23)5-8-18-16(24)15-13(22)4-3-7-17-15/h3-4,7,12,22H,5-6,8-10H2,1-2H3,(H,18,24). The van der Waals surface area contributed by atoms with E-state index in [0.29, 0.717) is 13.1 Å². The summed E-state index contributed by atoms with van der Waals surface area (Å²) in [5.74, 6) is -0.808. The molecule has 0 aromatic carbocycles. The zero-order valence-corrected chi connectivity index (χ0v) is 13.9. The molecule has 1 aliphatic heterocycles. The van der Waals surface area contributed by atoms with Gasteiger partial charge in [-0.1, -0.05) is 0 Å². The number of likely N-dealkylation sites (tertiary alicyclic amines) is 1. The SMILES string of the molecule is CC(=O)N1CCC(N(C)C(=O)CCNC(=O)c2ncccc2O)C1. The van der Waals surface area contributed by atoms with Gasteiger partial charge in [-0.25, -0.2) is 4.98 Å². The number of aromatic nitrogens is 1. The van der Waals surface area contributed by atoms with Gasteiger partial charge in [-0.15, -0.1) is 0 Å². The molecule has 24 heavy (non-hydrogen) atoms. The van der Waals surface area contributed by atoms with Crippen molar-refractivity contribution in [1.82, 2.24) is 20.1 Å². The van der Waals surface area contributed by atoms with Gasteiger partial charge in [0, 0.05) is 46.2 Å². The molecule has 2 rings (SSSR count). The van der Waals surface area contributed by atoms with Crippen LogP contribution in [-0.4, -0.2) is 70.3 Å². The van der Waals surface area contributed by atoms with Crippen molar-refractivity contribution in [2.75, 3.05) is 26.7 Å². The Bertz CT molecular complexity index is 634. The maximum atomic E-state index is 12.2. The minimum atomic E-state index is -0.521. The molecule has 0 spiro atoms. The van der Waals surface area contributed by atoms with Crippen molar-refractivity contribution in [3.05, 3.63) is 24.0 Å². The summed E-state index contributed by atoms with van der Waals surface area (Å²) >= 11 is 0. The summed E-state index contributed by atoms with van der Waals surface area (Å²) in [5, 5.41) is 12.1. The fraction of sp³-hybridized carbons (Fsp3) is 0.500. The number of rotatable bonds is 5. The molecule has 0 saturated carbocycles. The zero-order valence-electron chi connectivity index (χ0n) is 13.9. The molecule has 1 aromatic heterocycles. The Kier molecular flexibility index (Phi) is 5.73. The van der Waals surface area contributed by atoms with E-state index in [4.69, 9.17) is 0 Å². The first kappa shape index (κ1) is 17.7. The van der Waals surface area contributed by atoms with Crippen molar-refractivity contribution in [2.24, 2.45) is 0 Å². The lowest BCUT2D eigenvalue weighted by molar-refractivity contribution is -0.133. The van der Waals surface area contributed by atoms with Crippen LogP contribution in [0.5, 0.6) is 5.75 Å². The van der Waals surface area contributed by atoms with Crippen molar-refractivity contribution in [1.29, 1.82) is 0 Å². The summed E-state index contributed by atoms with van der Waals surface area (Å²) in [6, 6.07) is 2.91. The van der Waals surface area contributed by atoms with Gasteiger partial charge in [0.1, 0.15) is 5.75 Å². The lowest BCUT2D eigenvalue weighted by atomic mass is 10.2. The number of nitrogens with one attached hydrogen (secondary N) is 1. The molecule has 3 amide bonds. The molecule has 130 valence electrons. The van der Waals surface area contributed by atoms with Crippen LogP contribution >= 0.6 is 0 Å². The van der Waals surface area contributed by atoms with Gasteiger partial charge in [0.15, 0.2) is 5.69 Å². The first-order valence-electron chi connectivity index (χ1n) is 7.83. The van der Waals surface area contributed by atoms with E-state index in [1.54, 1.807) is 16.8 Å². The highest BCUT2D eigenvalue weighted by atomic mass is 16.3. The highest BCUT2D eigenvalue weighted by Gasteiger charge is 2.29. The summed E-state index contributed by atoms with van der Waals surface area (Å²) in [6.45, 7) is 2.88. The van der Waals surface area contributed by atoms with E-state index in [1.165, 1.54) is 25.3 Å². The molecule has 1 aliphatic rings. The van der Waals surface area contributed by atoms with Crippen LogP contribution in [0.1, 0.15) is 30.3 Å². The van der Waals surface area contributed by atoms with E-state index in [9.17, 15) is 19.5 Å². The number of aromatic hydroxyl groups is 1. The van der Waals surface area contributed by atoms with Crippen molar-refractivity contribution >= 4 is 17.7 Å². The molecule has 1 atom stereocenters. The van der Waals surface area contributed by atoms with Crippen molar-refractivity contribution in [2.45, 2.75) is 25.8 Å². The topological polar surface area (TPSA) is 103 Å². The van der Waals surface area contributed by atoms with Gasteiger partial charge < -0.3 is 20.2 Å². The molecule has 1 fully saturated rings. The fourth-order valence-electron chi connectivity index (χ4n) is 2.66. The third-order valence-corrected chi connectivity index (χ3v) is 4.18. The molecule has 1 unspecified atom stereocenters. The summed E-state index contributed by atoms with van der Waals surface area (Å²) in [7, 11) is 1.71. The van der Waals surface area contributed by atoms with E-state index in [-0.39, 0.29) is 42.3 Å². The highest BCUT2D eigenvalue weighted by Crippen LogP contribution is 2.15. The molecule has 1 aromatic rings. The molecule has 0 aliphatic carbocycles. The van der Waals surface area contributed by atoms with E-state index < -0.39 is 5.91 Å². The quantitative estimate of drug-likeness (QED) is 0.788. The minimum absolute atomic E-state index is 0.0111. The number of carbonyl (C=O) groups excluding carboxylic acids is 3. The van der Waals surface area contributed by atoms with Gasteiger partial charge in [0.05, 0.1) is 6.04 Å². The Morgan fingerprint density at radius 1 is 1.46 bits per heavy atom. The lowest BCUT2D eigenvalue weighted by Crippen LogP contribution is -2.41. The van der Waals surface area contributed by atoms with Crippen LogP contribution in [-0.2, 0) is 9.59 Å². The van der Waals surface area contributed by atoms with E-state index in [1.807, 2.05) is 0 Å². The van der Waals surface area contributed by atoms with Crippen LogP contribution in [0.4, 0.5) is 0 Å². The van der Waals surface area contributed by atoms with Crippen LogP contribution in [0.3, 0.4) is 0 Å². The number of likely N-dealkylation sites (N-methyl/N-ethyl adjacent to an activating group) is 1. The van der Waals surface area contributed by atoms with Crippen LogP contribution in [0.2, 0.25) is 0 Å². The van der Waals surface area contributed by atoms with Crippen LogP contribution < -0.4 is 5.32 Å². The number of hydrogen-bond acceptors (Lipinski definition) is 5. The van der Waals surface area contributed by atoms with Crippen LogP contribution in [0, 0.1) is 0 Å². The molecular formula is C16H22N4O4. The average molecular weight is 334 g/mol. The Balaban J connectivity index is 1.78. The Hall–Kier alpha value is -2.64. The molecule has 8 nitrogen and oxygen atoms in total. The number of amides is 3. The van der Waals surface area contributed by atoms with Crippen LogP contribution in [0.15, 0.2) is 18.3 Å². The number of pyridine rings is 1. The van der Waals surface area contributed by atoms with E-state index in [0.717, 1.165) is 6.42 Å². The van der Waals surface area contributed by atoms with Gasteiger partial charge in [-0.2, -0.15) is 0 Å². The molecule has 8 heteroatoms. The van der Waals surface area contributed by atoms with E-state index in [2.05, 4.69) is 10.3 Å². The van der Waals surface area contributed by atoms with Crippen molar-refractivity contribution in [3.63, 3.8) is 0 Å². The second-order valence-corrected chi connectivity index (χ2v) is 5.79. The Labute approximate surface area is 140 Å². The van der Waals surface area contributed by atoms with E-state index >= 15 is 0 Å². The van der Waals surface area contributed by atoms with Gasteiger partial charge in [0.2, 0.25) is 11.8 Å². The smallest absolute Gasteiger partial charge is 0.273 e. The number of carbonyl (C=O) groups is 3. The number of nitrogens with zero attached hydrogens (tertiary/aromatic N) is 3. The summed E-state index contributed by atoms with van der Waals surface area (Å²) in [4.78, 5) is 42.6. The first-order valence-corrected chi connectivity index (χ1v) is 7.83. The summed E-state index contributed by atoms with van der Waals surface area (Å²) in [5.41, 5.74) is -0.0637. The predicted octanol–water partition coefficient (Wildman–Crippen LogP) is -0.0137. The van der Waals surface area contributed by atoms with Gasteiger partial charge in [-0.3, -0.25) is 14.4 Å². The second kappa shape index (κ2) is 7.76. The molecule has 2 heterocycles. The summed E-state index contributed by atoms with van der Waals surface area (Å²) in [6.07, 6.45) is 2.32. The highest BCUT2D eigenvalue weighted by molar-refractivity contribution is 5.94. The minimum Gasteiger partial charge on any atom is -0.505 e. The lowest BCUT2D eigenvalue weighted by Gasteiger charge is -2.24. The molecule has 1 saturated heterocycles. The first-order chi connectivity index (χ1) is 11.4. The van der Waals surface area contributed by atoms with Gasteiger partial charge >= 0.3 is 0 Å².